The minimum absolute atomic E-state index is 0.331. The van der Waals surface area contributed by atoms with Gasteiger partial charge in [-0.1, -0.05) is 12.1 Å². The maximum Gasteiger partial charge on any atom is 0.416 e. The Morgan fingerprint density at radius 3 is 2.08 bits per heavy atom. The molecule has 1 rings (SSSR count). The first-order chi connectivity index (χ1) is 6.04. The van der Waals surface area contributed by atoms with Gasteiger partial charge in [0.25, 0.3) is 0 Å². The van der Waals surface area contributed by atoms with E-state index in [2.05, 4.69) is 0 Å². The second-order valence-corrected chi connectivity index (χ2v) is 2.63. The van der Waals surface area contributed by atoms with Gasteiger partial charge >= 0.3 is 6.18 Å². The summed E-state index contributed by atoms with van der Waals surface area (Å²) in [4.78, 5) is 0. The highest BCUT2D eigenvalue weighted by Gasteiger charge is 2.29. The number of benzene rings is 1. The first-order valence-corrected chi connectivity index (χ1v) is 3.69. The largest absolute Gasteiger partial charge is 0.416 e. The van der Waals surface area contributed by atoms with Crippen LogP contribution < -0.4 is 0 Å². The Morgan fingerprint density at radius 1 is 1.15 bits per heavy atom. The molecule has 4 heteroatoms. The predicted molar refractivity (Wildman–Crippen MR) is 42.2 cm³/mol. The average molecular weight is 190 g/mol. The van der Waals surface area contributed by atoms with Gasteiger partial charge in [0, 0.05) is 7.11 Å². The third-order valence-electron chi connectivity index (χ3n) is 1.59. The summed E-state index contributed by atoms with van der Waals surface area (Å²) in [5.74, 6) is 0. The molecule has 0 unspecified atom stereocenters. The van der Waals surface area contributed by atoms with Crippen molar-refractivity contribution in [3.8, 4) is 0 Å². The summed E-state index contributed by atoms with van der Waals surface area (Å²) in [6.07, 6.45) is -4.26. The second-order valence-electron chi connectivity index (χ2n) is 2.63. The van der Waals surface area contributed by atoms with E-state index in [1.165, 1.54) is 19.2 Å². The molecular formula is C9H9F3O. The zero-order chi connectivity index (χ0) is 9.90. The summed E-state index contributed by atoms with van der Waals surface area (Å²) < 4.78 is 41.0. The monoisotopic (exact) mass is 190 g/mol. The second kappa shape index (κ2) is 3.79. The first kappa shape index (κ1) is 10.1. The molecule has 0 bridgehead atoms. The van der Waals surface area contributed by atoms with Crippen molar-refractivity contribution in [2.45, 2.75) is 12.8 Å². The van der Waals surface area contributed by atoms with E-state index in [-0.39, 0.29) is 0 Å². The van der Waals surface area contributed by atoms with Crippen LogP contribution >= 0.6 is 0 Å². The number of alkyl halides is 3. The van der Waals surface area contributed by atoms with Crippen molar-refractivity contribution >= 4 is 0 Å². The molecule has 0 aliphatic rings. The van der Waals surface area contributed by atoms with Crippen LogP contribution in [0.15, 0.2) is 24.3 Å². The number of halogens is 3. The Hall–Kier alpha value is -1.03. The predicted octanol–water partition coefficient (Wildman–Crippen LogP) is 2.85. The molecule has 0 aliphatic carbocycles. The highest BCUT2D eigenvalue weighted by molar-refractivity contribution is 5.24. The molecule has 13 heavy (non-hydrogen) atoms. The topological polar surface area (TPSA) is 9.23 Å². The Bertz CT molecular complexity index is 263. The van der Waals surface area contributed by atoms with E-state index in [0.717, 1.165) is 17.7 Å². The van der Waals surface area contributed by atoms with Gasteiger partial charge in [-0.2, -0.15) is 13.2 Å². The van der Waals surface area contributed by atoms with Crippen LogP contribution in [0, 0.1) is 0 Å². The molecule has 72 valence electrons. The lowest BCUT2D eigenvalue weighted by Crippen LogP contribution is -2.04. The van der Waals surface area contributed by atoms with Gasteiger partial charge in [-0.25, -0.2) is 0 Å². The maximum absolute atomic E-state index is 12.1. The molecule has 0 aromatic heterocycles. The van der Waals surface area contributed by atoms with Crippen LogP contribution in [-0.4, -0.2) is 7.11 Å². The van der Waals surface area contributed by atoms with Gasteiger partial charge in [-0.3, -0.25) is 0 Å². The third-order valence-corrected chi connectivity index (χ3v) is 1.59. The van der Waals surface area contributed by atoms with Crippen LogP contribution in [0.2, 0.25) is 0 Å². The average Bonchev–Trinajstić information content (AvgIpc) is 2.04. The fourth-order valence-electron chi connectivity index (χ4n) is 0.957. The van der Waals surface area contributed by atoms with Crippen LogP contribution in [0.3, 0.4) is 0 Å². The quantitative estimate of drug-likeness (QED) is 0.696. The normalized spacial score (nSPS) is 11.7. The van der Waals surface area contributed by atoms with E-state index >= 15 is 0 Å². The fourth-order valence-corrected chi connectivity index (χ4v) is 0.957. The smallest absolute Gasteiger partial charge is 0.380 e. The van der Waals surface area contributed by atoms with Gasteiger partial charge in [-0.15, -0.1) is 0 Å². The van der Waals surface area contributed by atoms with Crippen molar-refractivity contribution in [1.82, 2.24) is 0 Å². The zero-order valence-electron chi connectivity index (χ0n) is 7.06. The Kier molecular flexibility index (Phi) is 2.93. The zero-order valence-corrected chi connectivity index (χ0v) is 7.06. The molecule has 0 N–H and O–H groups in total. The van der Waals surface area contributed by atoms with Gasteiger partial charge in [-0.05, 0) is 17.7 Å². The molecular weight excluding hydrogens is 181 g/mol. The number of hydrogen-bond acceptors (Lipinski definition) is 1. The van der Waals surface area contributed by atoms with Crippen molar-refractivity contribution in [3.63, 3.8) is 0 Å². The summed E-state index contributed by atoms with van der Waals surface area (Å²) in [5, 5.41) is 0. The Morgan fingerprint density at radius 2 is 1.69 bits per heavy atom. The number of methoxy groups -OCH3 is 1. The SMILES string of the molecule is COCc1ccc(C(F)(F)F)cc1. The van der Waals surface area contributed by atoms with Crippen LogP contribution in [0.5, 0.6) is 0 Å². The lowest BCUT2D eigenvalue weighted by molar-refractivity contribution is -0.137. The van der Waals surface area contributed by atoms with E-state index in [1.807, 2.05) is 0 Å². The minimum atomic E-state index is -4.26. The van der Waals surface area contributed by atoms with Crippen molar-refractivity contribution in [2.75, 3.05) is 7.11 Å². The summed E-state index contributed by atoms with van der Waals surface area (Å²) in [6, 6.07) is 4.92. The fraction of sp³-hybridized carbons (Fsp3) is 0.333. The van der Waals surface area contributed by atoms with E-state index in [1.54, 1.807) is 0 Å². The molecule has 0 aliphatic heterocycles. The summed E-state index contributed by atoms with van der Waals surface area (Å²) in [5.41, 5.74) is 0.0999. The highest BCUT2D eigenvalue weighted by atomic mass is 19.4. The lowest BCUT2D eigenvalue weighted by atomic mass is 10.1. The van der Waals surface area contributed by atoms with Crippen LogP contribution in [0.25, 0.3) is 0 Å². The van der Waals surface area contributed by atoms with Crippen molar-refractivity contribution in [3.05, 3.63) is 35.4 Å². The van der Waals surface area contributed by atoms with Gasteiger partial charge < -0.3 is 4.74 Å². The van der Waals surface area contributed by atoms with Crippen molar-refractivity contribution in [2.24, 2.45) is 0 Å². The molecule has 0 heterocycles. The Labute approximate surface area is 74.1 Å². The third kappa shape index (κ3) is 2.73. The van der Waals surface area contributed by atoms with Gasteiger partial charge in [0.05, 0.1) is 12.2 Å². The standard InChI is InChI=1S/C9H9F3O/c1-13-6-7-2-4-8(5-3-7)9(10,11)12/h2-5H,6H2,1H3. The van der Waals surface area contributed by atoms with Crippen LogP contribution in [-0.2, 0) is 17.5 Å². The van der Waals surface area contributed by atoms with Gasteiger partial charge in [0.1, 0.15) is 0 Å². The number of ether oxygens (including phenoxy) is 1. The Balaban J connectivity index is 2.81. The van der Waals surface area contributed by atoms with E-state index in [9.17, 15) is 13.2 Å². The number of hydrogen-bond donors (Lipinski definition) is 0. The summed E-state index contributed by atoms with van der Waals surface area (Å²) >= 11 is 0. The summed E-state index contributed by atoms with van der Waals surface area (Å²) in [6.45, 7) is 0.331. The molecule has 0 atom stereocenters. The van der Waals surface area contributed by atoms with Gasteiger partial charge in [0.2, 0.25) is 0 Å². The number of rotatable bonds is 2. The molecule has 1 aromatic carbocycles. The van der Waals surface area contributed by atoms with Crippen LogP contribution in [0.4, 0.5) is 13.2 Å². The van der Waals surface area contributed by atoms with E-state index in [0.29, 0.717) is 6.61 Å². The van der Waals surface area contributed by atoms with Gasteiger partial charge in [0.15, 0.2) is 0 Å². The molecule has 0 spiro atoms. The van der Waals surface area contributed by atoms with Crippen LogP contribution in [0.1, 0.15) is 11.1 Å². The molecule has 0 radical (unpaired) electrons. The maximum atomic E-state index is 12.1. The minimum Gasteiger partial charge on any atom is -0.380 e. The molecule has 1 nitrogen and oxygen atoms in total. The summed E-state index contributed by atoms with van der Waals surface area (Å²) in [7, 11) is 1.50. The lowest BCUT2D eigenvalue weighted by Gasteiger charge is -2.06. The highest BCUT2D eigenvalue weighted by Crippen LogP contribution is 2.29. The van der Waals surface area contributed by atoms with Crippen molar-refractivity contribution < 1.29 is 17.9 Å². The molecule has 1 aromatic rings. The van der Waals surface area contributed by atoms with E-state index < -0.39 is 11.7 Å². The van der Waals surface area contributed by atoms with E-state index in [4.69, 9.17) is 4.74 Å². The molecule has 0 saturated heterocycles. The molecule has 0 fully saturated rings. The first-order valence-electron chi connectivity index (χ1n) is 3.69. The van der Waals surface area contributed by atoms with Crippen molar-refractivity contribution in [1.29, 1.82) is 0 Å². The molecule has 0 saturated carbocycles. The molecule has 0 amide bonds.